The monoisotopic (exact) mass is 353 g/mol. The number of amides is 1. The van der Waals surface area contributed by atoms with E-state index in [1.54, 1.807) is 18.3 Å². The van der Waals surface area contributed by atoms with Gasteiger partial charge in [-0.25, -0.2) is 4.79 Å². The molecule has 1 atom stereocenters. The predicted octanol–water partition coefficient (Wildman–Crippen LogP) is 2.77. The Labute approximate surface area is 152 Å². The van der Waals surface area contributed by atoms with E-state index in [1.165, 1.54) is 0 Å². The van der Waals surface area contributed by atoms with Gasteiger partial charge in [0.25, 0.3) is 0 Å². The van der Waals surface area contributed by atoms with Crippen LogP contribution in [0.4, 0.5) is 0 Å². The zero-order chi connectivity index (χ0) is 18.1. The minimum atomic E-state index is -0.911. The van der Waals surface area contributed by atoms with Gasteiger partial charge in [-0.05, 0) is 49.4 Å². The second kappa shape index (κ2) is 6.59. The molecule has 1 saturated heterocycles. The van der Waals surface area contributed by atoms with Crippen LogP contribution in [-0.4, -0.2) is 44.8 Å². The third kappa shape index (κ3) is 3.23. The maximum Gasteiger partial charge on any atom is 0.335 e. The molecule has 0 bridgehead atoms. The second-order valence-corrected chi connectivity index (χ2v) is 7.50. The number of aromatic carboxylic acids is 1. The molecular formula is C20H23N3O3. The minimum Gasteiger partial charge on any atom is -0.478 e. The Bertz CT molecular complexity index is 794. The van der Waals surface area contributed by atoms with E-state index in [2.05, 4.69) is 5.10 Å². The van der Waals surface area contributed by atoms with Gasteiger partial charge < -0.3 is 10.0 Å². The topological polar surface area (TPSA) is 75.4 Å². The lowest BCUT2D eigenvalue weighted by atomic mass is 9.89. The first-order valence-electron chi connectivity index (χ1n) is 9.17. The Kier molecular flexibility index (Phi) is 4.26. The van der Waals surface area contributed by atoms with Crippen LogP contribution in [0.25, 0.3) is 0 Å². The Hall–Kier alpha value is -2.63. The lowest BCUT2D eigenvalue weighted by molar-refractivity contribution is -0.139. The highest BCUT2D eigenvalue weighted by molar-refractivity contribution is 5.87. The summed E-state index contributed by atoms with van der Waals surface area (Å²) in [6.07, 6.45) is 7.53. The van der Waals surface area contributed by atoms with Crippen molar-refractivity contribution in [1.29, 1.82) is 0 Å². The molecule has 6 heteroatoms. The highest BCUT2D eigenvalue weighted by atomic mass is 16.4. The second-order valence-electron chi connectivity index (χ2n) is 7.50. The Morgan fingerprint density at radius 2 is 2.00 bits per heavy atom. The van der Waals surface area contributed by atoms with Crippen LogP contribution in [0.15, 0.2) is 42.7 Å². The molecule has 2 aromatic rings. The zero-order valence-electron chi connectivity index (χ0n) is 14.7. The van der Waals surface area contributed by atoms with Gasteiger partial charge in [0, 0.05) is 31.4 Å². The number of hydrogen-bond acceptors (Lipinski definition) is 3. The van der Waals surface area contributed by atoms with Crippen LogP contribution >= 0.6 is 0 Å². The molecule has 1 aliphatic heterocycles. The van der Waals surface area contributed by atoms with E-state index in [9.17, 15) is 9.59 Å². The fourth-order valence-corrected chi connectivity index (χ4v) is 3.96. The lowest BCUT2D eigenvalue weighted by Gasteiger charge is -2.35. The number of carboxylic acids is 1. The number of carboxylic acid groups (broad SMARTS) is 1. The normalized spacial score (nSPS) is 21.4. The SMILES string of the molecule is O=C(O)c1ccc([C@@H]2CCCN(C(=O)C3(Cn4cccn4)CC3)C2)cc1. The van der Waals surface area contributed by atoms with Gasteiger partial charge in [0.15, 0.2) is 0 Å². The van der Waals surface area contributed by atoms with Crippen LogP contribution in [0.3, 0.4) is 0 Å². The van der Waals surface area contributed by atoms with Crippen molar-refractivity contribution in [2.24, 2.45) is 5.41 Å². The number of likely N-dealkylation sites (tertiary alicyclic amines) is 1. The van der Waals surface area contributed by atoms with Gasteiger partial charge in [-0.1, -0.05) is 12.1 Å². The molecule has 26 heavy (non-hydrogen) atoms. The predicted molar refractivity (Wildman–Crippen MR) is 95.9 cm³/mol. The largest absolute Gasteiger partial charge is 0.478 e. The molecule has 1 saturated carbocycles. The third-order valence-corrected chi connectivity index (χ3v) is 5.67. The molecule has 2 heterocycles. The molecule has 1 amide bonds. The average Bonchev–Trinajstić information content (AvgIpc) is 3.26. The van der Waals surface area contributed by atoms with Gasteiger partial charge >= 0.3 is 5.97 Å². The summed E-state index contributed by atoms with van der Waals surface area (Å²) in [5.41, 5.74) is 1.14. The lowest BCUT2D eigenvalue weighted by Crippen LogP contribution is -2.44. The molecule has 0 unspecified atom stereocenters. The minimum absolute atomic E-state index is 0.250. The van der Waals surface area contributed by atoms with E-state index in [-0.39, 0.29) is 17.2 Å². The first-order valence-corrected chi connectivity index (χ1v) is 9.17. The number of carbonyl (C=O) groups excluding carboxylic acids is 1. The molecular weight excluding hydrogens is 330 g/mol. The Morgan fingerprint density at radius 1 is 1.23 bits per heavy atom. The summed E-state index contributed by atoms with van der Waals surface area (Å²) >= 11 is 0. The molecule has 2 aliphatic rings. The summed E-state index contributed by atoms with van der Waals surface area (Å²) in [5.74, 6) is -0.387. The molecule has 1 aromatic carbocycles. The van der Waals surface area contributed by atoms with Crippen molar-refractivity contribution in [1.82, 2.24) is 14.7 Å². The fraction of sp³-hybridized carbons (Fsp3) is 0.450. The van der Waals surface area contributed by atoms with E-state index >= 15 is 0 Å². The first kappa shape index (κ1) is 16.8. The van der Waals surface area contributed by atoms with Crippen LogP contribution in [0.2, 0.25) is 0 Å². The van der Waals surface area contributed by atoms with Gasteiger partial charge in [0.05, 0.1) is 17.5 Å². The number of nitrogens with zero attached hydrogens (tertiary/aromatic N) is 3. The summed E-state index contributed by atoms with van der Waals surface area (Å²) in [7, 11) is 0. The molecule has 6 nitrogen and oxygen atoms in total. The van der Waals surface area contributed by atoms with Gasteiger partial charge in [-0.15, -0.1) is 0 Å². The number of benzene rings is 1. The highest BCUT2D eigenvalue weighted by Gasteiger charge is 2.52. The maximum atomic E-state index is 13.1. The van der Waals surface area contributed by atoms with Gasteiger partial charge in [-0.2, -0.15) is 5.10 Å². The average molecular weight is 353 g/mol. The van der Waals surface area contributed by atoms with Crippen molar-refractivity contribution in [3.05, 3.63) is 53.9 Å². The van der Waals surface area contributed by atoms with Crippen molar-refractivity contribution in [3.63, 3.8) is 0 Å². The van der Waals surface area contributed by atoms with Crippen LogP contribution in [0.1, 0.15) is 47.5 Å². The molecule has 0 radical (unpaired) electrons. The summed E-state index contributed by atoms with van der Waals surface area (Å²) in [6.45, 7) is 2.18. The fourth-order valence-electron chi connectivity index (χ4n) is 3.96. The van der Waals surface area contributed by atoms with Crippen molar-refractivity contribution >= 4 is 11.9 Å². The zero-order valence-corrected chi connectivity index (χ0v) is 14.7. The van der Waals surface area contributed by atoms with E-state index in [1.807, 2.05) is 34.0 Å². The maximum absolute atomic E-state index is 13.1. The quantitative estimate of drug-likeness (QED) is 0.897. The summed E-state index contributed by atoms with van der Waals surface area (Å²) in [5, 5.41) is 13.3. The molecule has 1 aliphatic carbocycles. The number of aromatic nitrogens is 2. The van der Waals surface area contributed by atoms with E-state index in [4.69, 9.17) is 5.11 Å². The molecule has 0 spiro atoms. The third-order valence-electron chi connectivity index (χ3n) is 5.67. The number of carbonyl (C=O) groups is 2. The molecule has 1 N–H and O–H groups in total. The highest BCUT2D eigenvalue weighted by Crippen LogP contribution is 2.49. The summed E-state index contributed by atoms with van der Waals surface area (Å²) in [4.78, 5) is 26.2. The number of piperidine rings is 1. The van der Waals surface area contributed by atoms with Crippen molar-refractivity contribution < 1.29 is 14.7 Å². The summed E-state index contributed by atoms with van der Waals surface area (Å²) in [6, 6.07) is 8.97. The Balaban J connectivity index is 1.44. The Morgan fingerprint density at radius 3 is 2.62 bits per heavy atom. The van der Waals surface area contributed by atoms with E-state index in [0.29, 0.717) is 18.7 Å². The van der Waals surface area contributed by atoms with Gasteiger partial charge in [-0.3, -0.25) is 9.48 Å². The summed E-state index contributed by atoms with van der Waals surface area (Å²) < 4.78 is 1.86. The van der Waals surface area contributed by atoms with Gasteiger partial charge in [0.1, 0.15) is 0 Å². The van der Waals surface area contributed by atoms with Gasteiger partial charge in [0.2, 0.25) is 5.91 Å². The first-order chi connectivity index (χ1) is 12.6. The number of rotatable bonds is 5. The van der Waals surface area contributed by atoms with Crippen LogP contribution in [-0.2, 0) is 11.3 Å². The molecule has 1 aromatic heterocycles. The molecule has 4 rings (SSSR count). The van der Waals surface area contributed by atoms with Crippen LogP contribution in [0, 0.1) is 5.41 Å². The van der Waals surface area contributed by atoms with Crippen molar-refractivity contribution in [2.75, 3.05) is 13.1 Å². The van der Waals surface area contributed by atoms with Crippen molar-refractivity contribution in [3.8, 4) is 0 Å². The smallest absolute Gasteiger partial charge is 0.335 e. The van der Waals surface area contributed by atoms with Crippen LogP contribution < -0.4 is 0 Å². The van der Waals surface area contributed by atoms with Crippen LogP contribution in [0.5, 0.6) is 0 Å². The molecule has 136 valence electrons. The standard InChI is InChI=1S/C20H23N3O3/c24-18(25)16-6-4-15(5-7-16)17-3-1-11-22(13-17)19(26)20(8-9-20)14-23-12-2-10-21-23/h2,4-7,10,12,17H,1,3,8-9,11,13-14H2,(H,24,25)/t17-/m1/s1. The van der Waals surface area contributed by atoms with E-state index in [0.717, 1.165) is 37.8 Å². The van der Waals surface area contributed by atoms with Crippen molar-refractivity contribution in [2.45, 2.75) is 38.1 Å². The van der Waals surface area contributed by atoms with E-state index < -0.39 is 5.97 Å². The molecule has 2 fully saturated rings. The number of hydrogen-bond donors (Lipinski definition) is 1.